The molecule has 0 N–H and O–H groups in total. The molecule has 18 heavy (non-hydrogen) atoms. The van der Waals surface area contributed by atoms with Crippen molar-refractivity contribution in [2.75, 3.05) is 26.4 Å². The van der Waals surface area contributed by atoms with Gasteiger partial charge in [-0.15, -0.1) is 0 Å². The summed E-state index contributed by atoms with van der Waals surface area (Å²) in [6, 6.07) is 0. The molecule has 0 amide bonds. The standard InChI is InChI=1S/C14H24O4/c1-2-14(15)17-10-8-6-4-3-5-7-9-16-11-13-12-18-13/h2,13H,1,3-12H2. The second kappa shape index (κ2) is 10.1. The molecule has 1 aliphatic heterocycles. The van der Waals surface area contributed by atoms with Crippen molar-refractivity contribution in [1.29, 1.82) is 0 Å². The summed E-state index contributed by atoms with van der Waals surface area (Å²) >= 11 is 0. The van der Waals surface area contributed by atoms with Gasteiger partial charge < -0.3 is 14.2 Å². The molecule has 4 heteroatoms. The van der Waals surface area contributed by atoms with E-state index < -0.39 is 0 Å². The summed E-state index contributed by atoms with van der Waals surface area (Å²) in [4.78, 5) is 10.7. The average molecular weight is 256 g/mol. The highest BCUT2D eigenvalue weighted by Gasteiger charge is 2.21. The summed E-state index contributed by atoms with van der Waals surface area (Å²) in [5.74, 6) is -0.327. The van der Waals surface area contributed by atoms with Gasteiger partial charge in [-0.3, -0.25) is 0 Å². The molecule has 0 aromatic rings. The van der Waals surface area contributed by atoms with E-state index in [0.717, 1.165) is 39.1 Å². The van der Waals surface area contributed by atoms with Crippen LogP contribution in [0.1, 0.15) is 38.5 Å². The molecule has 0 saturated carbocycles. The van der Waals surface area contributed by atoms with Gasteiger partial charge in [0.1, 0.15) is 6.10 Å². The smallest absolute Gasteiger partial charge is 0.330 e. The first-order chi connectivity index (χ1) is 8.83. The largest absolute Gasteiger partial charge is 0.463 e. The fraction of sp³-hybridized carbons (Fsp3) is 0.786. The van der Waals surface area contributed by atoms with Crippen LogP contribution in [0.15, 0.2) is 12.7 Å². The van der Waals surface area contributed by atoms with Crippen molar-refractivity contribution in [2.24, 2.45) is 0 Å². The van der Waals surface area contributed by atoms with Crippen LogP contribution in [0.3, 0.4) is 0 Å². The predicted octanol–water partition coefficient (Wildman–Crippen LogP) is 2.47. The monoisotopic (exact) mass is 256 g/mol. The van der Waals surface area contributed by atoms with Crippen molar-refractivity contribution >= 4 is 5.97 Å². The summed E-state index contributed by atoms with van der Waals surface area (Å²) in [5.41, 5.74) is 0. The minimum absolute atomic E-state index is 0.327. The van der Waals surface area contributed by atoms with E-state index >= 15 is 0 Å². The molecule has 0 radical (unpaired) electrons. The van der Waals surface area contributed by atoms with Crippen LogP contribution in [0.5, 0.6) is 0 Å². The number of esters is 1. The number of rotatable bonds is 12. The van der Waals surface area contributed by atoms with Gasteiger partial charge >= 0.3 is 5.97 Å². The Labute approximate surface area is 109 Å². The number of ether oxygens (including phenoxy) is 3. The van der Waals surface area contributed by atoms with Crippen LogP contribution in [0.25, 0.3) is 0 Å². The zero-order chi connectivity index (χ0) is 13.1. The van der Waals surface area contributed by atoms with Gasteiger partial charge in [0, 0.05) is 12.7 Å². The van der Waals surface area contributed by atoms with Crippen LogP contribution in [0.4, 0.5) is 0 Å². The number of unbranched alkanes of at least 4 members (excludes halogenated alkanes) is 5. The van der Waals surface area contributed by atoms with E-state index in [9.17, 15) is 4.79 Å². The van der Waals surface area contributed by atoms with Gasteiger partial charge in [-0.1, -0.05) is 32.3 Å². The van der Waals surface area contributed by atoms with Crippen LogP contribution < -0.4 is 0 Å². The molecule has 1 rings (SSSR count). The third-order valence-electron chi connectivity index (χ3n) is 2.80. The summed E-state index contributed by atoms with van der Waals surface area (Å²) in [5, 5.41) is 0. The van der Waals surface area contributed by atoms with Crippen molar-refractivity contribution in [3.63, 3.8) is 0 Å². The minimum Gasteiger partial charge on any atom is -0.463 e. The van der Waals surface area contributed by atoms with Gasteiger partial charge in [-0.05, 0) is 12.8 Å². The Morgan fingerprint density at radius 3 is 2.39 bits per heavy atom. The van der Waals surface area contributed by atoms with E-state index in [4.69, 9.17) is 14.2 Å². The number of hydrogen-bond acceptors (Lipinski definition) is 4. The second-order valence-corrected chi connectivity index (χ2v) is 4.52. The van der Waals surface area contributed by atoms with Crippen molar-refractivity contribution in [3.05, 3.63) is 12.7 Å². The van der Waals surface area contributed by atoms with E-state index in [0.29, 0.717) is 12.7 Å². The summed E-state index contributed by atoms with van der Waals surface area (Å²) in [6.45, 7) is 6.33. The second-order valence-electron chi connectivity index (χ2n) is 4.52. The molecule has 1 heterocycles. The third kappa shape index (κ3) is 9.19. The molecule has 1 aliphatic rings. The van der Waals surface area contributed by atoms with Gasteiger partial charge in [0.05, 0.1) is 19.8 Å². The highest BCUT2D eigenvalue weighted by molar-refractivity contribution is 5.81. The molecule has 104 valence electrons. The van der Waals surface area contributed by atoms with E-state index in [2.05, 4.69) is 6.58 Å². The molecular weight excluding hydrogens is 232 g/mol. The van der Waals surface area contributed by atoms with Crippen LogP contribution in [0.2, 0.25) is 0 Å². The first-order valence-electron chi connectivity index (χ1n) is 6.81. The lowest BCUT2D eigenvalue weighted by atomic mass is 10.1. The molecule has 0 aliphatic carbocycles. The third-order valence-corrected chi connectivity index (χ3v) is 2.80. The molecule has 0 aromatic carbocycles. The number of epoxide rings is 1. The molecule has 0 bridgehead atoms. The lowest BCUT2D eigenvalue weighted by Gasteiger charge is -2.03. The lowest BCUT2D eigenvalue weighted by Crippen LogP contribution is -2.02. The Kier molecular flexibility index (Phi) is 8.51. The molecule has 1 fully saturated rings. The first kappa shape index (κ1) is 15.2. The van der Waals surface area contributed by atoms with Crippen LogP contribution in [-0.2, 0) is 19.0 Å². The minimum atomic E-state index is -0.327. The molecular formula is C14H24O4. The Bertz CT molecular complexity index is 236. The van der Waals surface area contributed by atoms with Crippen molar-refractivity contribution in [3.8, 4) is 0 Å². The van der Waals surface area contributed by atoms with Crippen molar-refractivity contribution in [1.82, 2.24) is 0 Å². The van der Waals surface area contributed by atoms with Gasteiger partial charge in [-0.25, -0.2) is 4.79 Å². The molecule has 1 saturated heterocycles. The fourth-order valence-electron chi connectivity index (χ4n) is 1.62. The van der Waals surface area contributed by atoms with Crippen LogP contribution in [-0.4, -0.2) is 38.5 Å². The Morgan fingerprint density at radius 2 is 1.78 bits per heavy atom. The van der Waals surface area contributed by atoms with E-state index in [-0.39, 0.29) is 5.97 Å². The van der Waals surface area contributed by atoms with E-state index in [1.165, 1.54) is 25.3 Å². The van der Waals surface area contributed by atoms with Gasteiger partial charge in [0.15, 0.2) is 0 Å². The highest BCUT2D eigenvalue weighted by Crippen LogP contribution is 2.10. The summed E-state index contributed by atoms with van der Waals surface area (Å²) < 4.78 is 15.4. The van der Waals surface area contributed by atoms with Gasteiger partial charge in [0.2, 0.25) is 0 Å². The summed E-state index contributed by atoms with van der Waals surface area (Å²) in [7, 11) is 0. The number of hydrogen-bond donors (Lipinski definition) is 0. The topological polar surface area (TPSA) is 48.1 Å². The zero-order valence-electron chi connectivity index (χ0n) is 11.1. The normalized spacial score (nSPS) is 17.4. The maximum absolute atomic E-state index is 10.7. The number of carbonyl (C=O) groups is 1. The van der Waals surface area contributed by atoms with Crippen LogP contribution >= 0.6 is 0 Å². The van der Waals surface area contributed by atoms with Crippen molar-refractivity contribution < 1.29 is 19.0 Å². The first-order valence-corrected chi connectivity index (χ1v) is 6.81. The highest BCUT2D eigenvalue weighted by atomic mass is 16.6. The molecule has 1 unspecified atom stereocenters. The fourth-order valence-corrected chi connectivity index (χ4v) is 1.62. The van der Waals surface area contributed by atoms with Gasteiger partial charge in [-0.2, -0.15) is 0 Å². The molecule has 0 spiro atoms. The Morgan fingerprint density at radius 1 is 1.17 bits per heavy atom. The lowest BCUT2D eigenvalue weighted by molar-refractivity contribution is -0.137. The number of carbonyl (C=O) groups excluding carboxylic acids is 1. The Balaban J connectivity index is 1.67. The maximum Gasteiger partial charge on any atom is 0.330 e. The van der Waals surface area contributed by atoms with E-state index in [1.807, 2.05) is 0 Å². The maximum atomic E-state index is 10.7. The average Bonchev–Trinajstić information content (AvgIpc) is 3.19. The Hall–Kier alpha value is -0.870. The predicted molar refractivity (Wildman–Crippen MR) is 69.4 cm³/mol. The van der Waals surface area contributed by atoms with Gasteiger partial charge in [0.25, 0.3) is 0 Å². The molecule has 1 atom stereocenters. The SMILES string of the molecule is C=CC(=O)OCCCCCCCCOCC1CO1. The molecule has 4 nitrogen and oxygen atoms in total. The molecule has 0 aromatic heterocycles. The zero-order valence-corrected chi connectivity index (χ0v) is 11.1. The summed E-state index contributed by atoms with van der Waals surface area (Å²) in [6.07, 6.45) is 8.37. The van der Waals surface area contributed by atoms with Crippen LogP contribution in [0, 0.1) is 0 Å². The van der Waals surface area contributed by atoms with E-state index in [1.54, 1.807) is 0 Å². The van der Waals surface area contributed by atoms with Crippen molar-refractivity contribution in [2.45, 2.75) is 44.6 Å². The quantitative estimate of drug-likeness (QED) is 0.233.